The number of hydrogen-bond acceptors (Lipinski definition) is 2. The zero-order valence-electron chi connectivity index (χ0n) is 10.2. The van der Waals surface area contributed by atoms with Gasteiger partial charge in [0, 0.05) is 24.9 Å². The quantitative estimate of drug-likeness (QED) is 0.752. The molecule has 1 saturated carbocycles. The first-order valence-corrected chi connectivity index (χ1v) is 7.20. The maximum absolute atomic E-state index is 9.83. The van der Waals surface area contributed by atoms with Crippen LogP contribution >= 0.6 is 11.6 Å². The molecule has 0 spiro atoms. The van der Waals surface area contributed by atoms with E-state index in [-0.39, 0.29) is 6.10 Å². The van der Waals surface area contributed by atoms with E-state index in [9.17, 15) is 5.11 Å². The Morgan fingerprint density at radius 1 is 1.31 bits per heavy atom. The minimum atomic E-state index is -0.0183. The van der Waals surface area contributed by atoms with E-state index in [2.05, 4.69) is 11.8 Å². The molecule has 3 heteroatoms. The fraction of sp³-hybridized carbons (Fsp3) is 1.00. The molecule has 1 heterocycles. The highest BCUT2D eigenvalue weighted by Crippen LogP contribution is 2.38. The average molecular weight is 246 g/mol. The summed E-state index contributed by atoms with van der Waals surface area (Å²) in [6.07, 6.45) is 4.63. The first-order valence-electron chi connectivity index (χ1n) is 6.67. The van der Waals surface area contributed by atoms with Crippen LogP contribution in [-0.4, -0.2) is 41.6 Å². The second-order valence-corrected chi connectivity index (χ2v) is 6.08. The molecular weight excluding hydrogens is 222 g/mol. The van der Waals surface area contributed by atoms with Crippen molar-refractivity contribution < 1.29 is 5.11 Å². The molecule has 2 nitrogen and oxygen atoms in total. The molecule has 0 amide bonds. The summed E-state index contributed by atoms with van der Waals surface area (Å²) in [4.78, 5) is 2.54. The van der Waals surface area contributed by atoms with Gasteiger partial charge in [-0.15, -0.1) is 11.6 Å². The Kier molecular flexibility index (Phi) is 4.51. The number of hydrogen-bond donors (Lipinski definition) is 1. The summed E-state index contributed by atoms with van der Waals surface area (Å²) in [5, 5.41) is 9.83. The van der Waals surface area contributed by atoms with E-state index in [0.717, 1.165) is 37.1 Å². The van der Waals surface area contributed by atoms with Crippen LogP contribution in [0.15, 0.2) is 0 Å². The van der Waals surface area contributed by atoms with Gasteiger partial charge in [-0.1, -0.05) is 6.92 Å². The highest BCUT2D eigenvalue weighted by atomic mass is 35.5. The minimum Gasteiger partial charge on any atom is -0.393 e. The lowest BCUT2D eigenvalue weighted by Crippen LogP contribution is -2.26. The van der Waals surface area contributed by atoms with Crippen molar-refractivity contribution >= 4 is 11.6 Å². The summed E-state index contributed by atoms with van der Waals surface area (Å²) in [6, 6.07) is 0. The lowest BCUT2D eigenvalue weighted by Gasteiger charge is -2.19. The molecule has 2 aliphatic rings. The second kappa shape index (κ2) is 5.70. The highest BCUT2D eigenvalue weighted by Gasteiger charge is 2.41. The van der Waals surface area contributed by atoms with Gasteiger partial charge < -0.3 is 10.0 Å². The van der Waals surface area contributed by atoms with Crippen molar-refractivity contribution in [1.29, 1.82) is 0 Å². The van der Waals surface area contributed by atoms with E-state index >= 15 is 0 Å². The fourth-order valence-corrected chi connectivity index (χ4v) is 3.62. The molecule has 0 aromatic rings. The summed E-state index contributed by atoms with van der Waals surface area (Å²) in [5.41, 5.74) is 0. The Bertz CT molecular complexity index is 224. The molecule has 4 atom stereocenters. The largest absolute Gasteiger partial charge is 0.393 e. The highest BCUT2D eigenvalue weighted by molar-refractivity contribution is 6.17. The van der Waals surface area contributed by atoms with Crippen LogP contribution in [0.3, 0.4) is 0 Å². The summed E-state index contributed by atoms with van der Waals surface area (Å²) in [5.74, 6) is 2.87. The van der Waals surface area contributed by atoms with E-state index in [4.69, 9.17) is 11.6 Å². The van der Waals surface area contributed by atoms with Crippen molar-refractivity contribution in [3.05, 3.63) is 0 Å². The molecule has 0 aromatic heterocycles. The Balaban J connectivity index is 1.69. The van der Waals surface area contributed by atoms with Crippen molar-refractivity contribution in [3.8, 4) is 0 Å². The summed E-state index contributed by atoms with van der Waals surface area (Å²) >= 11 is 5.74. The van der Waals surface area contributed by atoms with E-state index in [1.165, 1.54) is 25.9 Å². The molecule has 1 aliphatic carbocycles. The topological polar surface area (TPSA) is 23.5 Å². The third-order valence-electron chi connectivity index (χ3n) is 4.43. The SMILES string of the molecule is CC(CCCl)CCN1CC2CCC(O)C2C1. The Hall–Kier alpha value is 0.210. The normalized spacial score (nSPS) is 36.6. The maximum atomic E-state index is 9.83. The van der Waals surface area contributed by atoms with Gasteiger partial charge in [0.25, 0.3) is 0 Å². The molecule has 0 radical (unpaired) electrons. The monoisotopic (exact) mass is 245 g/mol. The Labute approximate surface area is 104 Å². The second-order valence-electron chi connectivity index (χ2n) is 5.70. The van der Waals surface area contributed by atoms with Gasteiger partial charge >= 0.3 is 0 Å². The predicted molar refractivity (Wildman–Crippen MR) is 67.8 cm³/mol. The van der Waals surface area contributed by atoms with Crippen molar-refractivity contribution in [2.45, 2.75) is 38.7 Å². The smallest absolute Gasteiger partial charge is 0.0583 e. The van der Waals surface area contributed by atoms with Crippen LogP contribution < -0.4 is 0 Å². The number of nitrogens with zero attached hydrogens (tertiary/aromatic N) is 1. The lowest BCUT2D eigenvalue weighted by molar-refractivity contribution is 0.123. The number of aliphatic hydroxyl groups is 1. The molecule has 2 rings (SSSR count). The average Bonchev–Trinajstić information content (AvgIpc) is 2.79. The van der Waals surface area contributed by atoms with Gasteiger partial charge in [0.05, 0.1) is 6.10 Å². The van der Waals surface area contributed by atoms with Crippen LogP contribution in [-0.2, 0) is 0 Å². The first kappa shape index (κ1) is 12.7. The Morgan fingerprint density at radius 3 is 2.81 bits per heavy atom. The van der Waals surface area contributed by atoms with Crippen LogP contribution in [0.2, 0.25) is 0 Å². The zero-order chi connectivity index (χ0) is 11.5. The van der Waals surface area contributed by atoms with Gasteiger partial charge in [-0.25, -0.2) is 0 Å². The van der Waals surface area contributed by atoms with Gasteiger partial charge in [0.15, 0.2) is 0 Å². The minimum absolute atomic E-state index is 0.0183. The summed E-state index contributed by atoms with van der Waals surface area (Å²) in [6.45, 7) is 5.82. The molecule has 2 fully saturated rings. The lowest BCUT2D eigenvalue weighted by atomic mass is 10.00. The molecule has 1 N–H and O–H groups in total. The van der Waals surface area contributed by atoms with E-state index in [1.807, 2.05) is 0 Å². The molecule has 0 aromatic carbocycles. The number of halogens is 1. The van der Waals surface area contributed by atoms with Crippen LogP contribution in [0.1, 0.15) is 32.6 Å². The molecule has 0 bridgehead atoms. The summed E-state index contributed by atoms with van der Waals surface area (Å²) < 4.78 is 0. The third kappa shape index (κ3) is 2.91. The van der Waals surface area contributed by atoms with Crippen LogP contribution in [0.5, 0.6) is 0 Å². The van der Waals surface area contributed by atoms with E-state index in [1.54, 1.807) is 0 Å². The number of rotatable bonds is 5. The van der Waals surface area contributed by atoms with Gasteiger partial charge in [-0.2, -0.15) is 0 Å². The first-order chi connectivity index (χ1) is 7.70. The van der Waals surface area contributed by atoms with Crippen molar-refractivity contribution in [3.63, 3.8) is 0 Å². The van der Waals surface area contributed by atoms with E-state index in [0.29, 0.717) is 5.92 Å². The summed E-state index contributed by atoms with van der Waals surface area (Å²) in [7, 11) is 0. The number of likely N-dealkylation sites (tertiary alicyclic amines) is 1. The van der Waals surface area contributed by atoms with Crippen LogP contribution in [0.25, 0.3) is 0 Å². The number of alkyl halides is 1. The van der Waals surface area contributed by atoms with Crippen molar-refractivity contribution in [1.82, 2.24) is 4.90 Å². The Morgan fingerprint density at radius 2 is 2.12 bits per heavy atom. The van der Waals surface area contributed by atoms with Crippen LogP contribution in [0.4, 0.5) is 0 Å². The van der Waals surface area contributed by atoms with E-state index < -0.39 is 0 Å². The number of fused-ring (bicyclic) bond motifs is 1. The van der Waals surface area contributed by atoms with Gasteiger partial charge in [-0.3, -0.25) is 0 Å². The van der Waals surface area contributed by atoms with Crippen molar-refractivity contribution in [2.24, 2.45) is 17.8 Å². The van der Waals surface area contributed by atoms with Gasteiger partial charge in [-0.05, 0) is 44.1 Å². The van der Waals surface area contributed by atoms with Gasteiger partial charge in [0.2, 0.25) is 0 Å². The molecule has 1 aliphatic heterocycles. The molecule has 16 heavy (non-hydrogen) atoms. The van der Waals surface area contributed by atoms with Crippen LogP contribution in [0, 0.1) is 17.8 Å². The predicted octanol–water partition coefficient (Wildman–Crippen LogP) is 2.34. The van der Waals surface area contributed by atoms with Gasteiger partial charge in [0.1, 0.15) is 0 Å². The third-order valence-corrected chi connectivity index (χ3v) is 4.65. The molecular formula is C13H24ClNO. The maximum Gasteiger partial charge on any atom is 0.0583 e. The fourth-order valence-electron chi connectivity index (χ4n) is 3.25. The number of aliphatic hydroxyl groups excluding tert-OH is 1. The zero-order valence-corrected chi connectivity index (χ0v) is 11.0. The standard InChI is InChI=1S/C13H24ClNO/c1-10(4-6-14)5-7-15-8-11-2-3-13(16)12(11)9-15/h10-13,16H,2-9H2,1H3. The van der Waals surface area contributed by atoms with Crippen molar-refractivity contribution in [2.75, 3.05) is 25.5 Å². The molecule has 4 unspecified atom stereocenters. The molecule has 94 valence electrons. The molecule has 1 saturated heterocycles.